The molecule has 0 atom stereocenters. The molecule has 0 amide bonds. The van der Waals surface area contributed by atoms with E-state index in [2.05, 4.69) is 53.1 Å². The van der Waals surface area contributed by atoms with Gasteiger partial charge in [0.25, 0.3) is 0 Å². The molecule has 1 aromatic heterocycles. The van der Waals surface area contributed by atoms with Gasteiger partial charge in [-0.05, 0) is 62.2 Å². The van der Waals surface area contributed by atoms with Gasteiger partial charge in [0.05, 0.1) is 11.0 Å². The molecule has 2 nitrogen and oxygen atoms in total. The molecule has 0 unspecified atom stereocenters. The summed E-state index contributed by atoms with van der Waals surface area (Å²) >= 11 is 10.1. The number of hydrogen-bond acceptors (Lipinski definition) is 2. The first-order chi connectivity index (χ1) is 7.65. The second kappa shape index (κ2) is 5.38. The van der Waals surface area contributed by atoms with E-state index in [1.807, 2.05) is 30.3 Å². The van der Waals surface area contributed by atoms with Crippen LogP contribution in [0.5, 0.6) is 0 Å². The molecule has 0 saturated heterocycles. The first-order valence-electron chi connectivity index (χ1n) is 4.58. The highest BCUT2D eigenvalue weighted by molar-refractivity contribution is 9.13. The molecule has 0 saturated carbocycles. The van der Waals surface area contributed by atoms with Crippen LogP contribution in [0.1, 0.15) is 5.76 Å². The van der Waals surface area contributed by atoms with Crippen LogP contribution in [0.3, 0.4) is 0 Å². The van der Waals surface area contributed by atoms with Crippen molar-refractivity contribution >= 4 is 53.5 Å². The number of halogens is 3. The maximum atomic E-state index is 5.46. The van der Waals surface area contributed by atoms with Crippen molar-refractivity contribution in [3.05, 3.63) is 49.7 Å². The van der Waals surface area contributed by atoms with Gasteiger partial charge in [-0.15, -0.1) is 0 Å². The van der Waals surface area contributed by atoms with E-state index in [9.17, 15) is 0 Å². The number of hydrogen-bond donors (Lipinski definition) is 1. The molecule has 1 heterocycles. The maximum Gasteiger partial charge on any atom is 0.183 e. The number of rotatable bonds is 3. The third-order valence-electron chi connectivity index (χ3n) is 2.01. The van der Waals surface area contributed by atoms with Crippen molar-refractivity contribution in [2.75, 3.05) is 5.32 Å². The lowest BCUT2D eigenvalue weighted by molar-refractivity contribution is 0.494. The maximum absolute atomic E-state index is 5.46. The summed E-state index contributed by atoms with van der Waals surface area (Å²) in [7, 11) is 0. The highest BCUT2D eigenvalue weighted by Crippen LogP contribution is 2.27. The van der Waals surface area contributed by atoms with Gasteiger partial charge in [0.2, 0.25) is 0 Å². The van der Waals surface area contributed by atoms with Gasteiger partial charge in [-0.3, -0.25) is 0 Å². The van der Waals surface area contributed by atoms with Crippen molar-refractivity contribution < 1.29 is 4.42 Å². The zero-order chi connectivity index (χ0) is 11.5. The normalized spacial score (nSPS) is 10.4. The first kappa shape index (κ1) is 12.2. The second-order valence-corrected chi connectivity index (χ2v) is 5.69. The topological polar surface area (TPSA) is 25.2 Å². The number of benzene rings is 1. The van der Waals surface area contributed by atoms with Crippen LogP contribution in [0.2, 0.25) is 0 Å². The van der Waals surface area contributed by atoms with Crippen molar-refractivity contribution in [1.82, 2.24) is 0 Å². The van der Waals surface area contributed by atoms with Gasteiger partial charge < -0.3 is 9.73 Å². The summed E-state index contributed by atoms with van der Waals surface area (Å²) in [5.41, 5.74) is 1.06. The zero-order valence-electron chi connectivity index (χ0n) is 8.14. The molecule has 1 N–H and O–H groups in total. The minimum absolute atomic E-state index is 0.659. The Morgan fingerprint density at radius 1 is 1.06 bits per heavy atom. The zero-order valence-corrected chi connectivity index (χ0v) is 12.9. The Bertz CT molecular complexity index is 459. The lowest BCUT2D eigenvalue weighted by Gasteiger charge is -2.03. The molecule has 84 valence electrons. The minimum atomic E-state index is 0.659. The van der Waals surface area contributed by atoms with E-state index >= 15 is 0 Å². The van der Waals surface area contributed by atoms with Gasteiger partial charge in [-0.2, -0.15) is 0 Å². The van der Waals surface area contributed by atoms with E-state index in [0.717, 1.165) is 25.1 Å². The van der Waals surface area contributed by atoms with Gasteiger partial charge in [0.15, 0.2) is 4.67 Å². The summed E-state index contributed by atoms with van der Waals surface area (Å²) in [6.07, 6.45) is 0. The quantitative estimate of drug-likeness (QED) is 0.755. The number of furan rings is 1. The van der Waals surface area contributed by atoms with Crippen molar-refractivity contribution in [1.29, 1.82) is 0 Å². The predicted molar refractivity (Wildman–Crippen MR) is 75.6 cm³/mol. The Kier molecular flexibility index (Phi) is 4.10. The Morgan fingerprint density at radius 3 is 2.31 bits per heavy atom. The van der Waals surface area contributed by atoms with E-state index in [1.165, 1.54) is 0 Å². The largest absolute Gasteiger partial charge is 0.451 e. The van der Waals surface area contributed by atoms with Gasteiger partial charge in [0, 0.05) is 10.2 Å². The molecule has 2 aromatic rings. The highest BCUT2D eigenvalue weighted by atomic mass is 79.9. The molecule has 2 rings (SSSR count). The summed E-state index contributed by atoms with van der Waals surface area (Å²) in [5.74, 6) is 0.877. The van der Waals surface area contributed by atoms with Crippen LogP contribution in [-0.2, 0) is 6.54 Å². The highest BCUT2D eigenvalue weighted by Gasteiger charge is 2.05. The molecule has 0 aliphatic rings. The third kappa shape index (κ3) is 3.12. The van der Waals surface area contributed by atoms with Crippen molar-refractivity contribution in [2.45, 2.75) is 6.54 Å². The SMILES string of the molecule is Brc1ccc(NCc2cc(Br)c(Br)o2)cc1. The Morgan fingerprint density at radius 2 is 1.75 bits per heavy atom. The van der Waals surface area contributed by atoms with Gasteiger partial charge in [-0.25, -0.2) is 0 Å². The van der Waals surface area contributed by atoms with E-state index < -0.39 is 0 Å². The molecule has 5 heteroatoms. The monoisotopic (exact) mass is 407 g/mol. The molecule has 0 radical (unpaired) electrons. The lowest BCUT2D eigenvalue weighted by atomic mass is 10.3. The smallest absolute Gasteiger partial charge is 0.183 e. The van der Waals surface area contributed by atoms with Crippen LogP contribution < -0.4 is 5.32 Å². The summed E-state index contributed by atoms with van der Waals surface area (Å²) in [6.45, 7) is 0.659. The molecule has 0 spiro atoms. The lowest BCUT2D eigenvalue weighted by Crippen LogP contribution is -1.97. The van der Waals surface area contributed by atoms with Crippen molar-refractivity contribution in [3.63, 3.8) is 0 Å². The predicted octanol–water partition coefficient (Wildman–Crippen LogP) is 5.18. The number of anilines is 1. The van der Waals surface area contributed by atoms with E-state index in [-0.39, 0.29) is 0 Å². The van der Waals surface area contributed by atoms with E-state index in [0.29, 0.717) is 6.54 Å². The van der Waals surface area contributed by atoms with Crippen LogP contribution in [0.4, 0.5) is 5.69 Å². The van der Waals surface area contributed by atoms with E-state index in [4.69, 9.17) is 4.42 Å². The summed E-state index contributed by atoms with van der Waals surface area (Å²) < 4.78 is 8.18. The molecule has 1 aromatic carbocycles. The van der Waals surface area contributed by atoms with Crippen molar-refractivity contribution in [3.8, 4) is 0 Å². The van der Waals surface area contributed by atoms with Crippen LogP contribution >= 0.6 is 47.8 Å². The molecule has 0 aliphatic heterocycles. The Labute approximate surface area is 119 Å². The number of nitrogens with one attached hydrogen (secondary N) is 1. The average molecular weight is 410 g/mol. The third-order valence-corrected chi connectivity index (χ3v) is 4.25. The molecule has 16 heavy (non-hydrogen) atoms. The van der Waals surface area contributed by atoms with Gasteiger partial charge in [0.1, 0.15) is 5.76 Å². The Hall–Kier alpha value is -0.260. The van der Waals surface area contributed by atoms with Crippen LogP contribution in [0, 0.1) is 0 Å². The summed E-state index contributed by atoms with van der Waals surface area (Å²) in [6, 6.07) is 9.96. The molecule has 0 fully saturated rings. The van der Waals surface area contributed by atoms with Gasteiger partial charge >= 0.3 is 0 Å². The second-order valence-electron chi connectivity index (χ2n) is 3.19. The fourth-order valence-electron chi connectivity index (χ4n) is 1.24. The van der Waals surface area contributed by atoms with E-state index in [1.54, 1.807) is 0 Å². The standard InChI is InChI=1S/C11H8Br3NO/c12-7-1-3-8(4-2-7)15-6-9-5-10(13)11(14)16-9/h1-5,15H,6H2. The Balaban J connectivity index is 1.99. The van der Waals surface area contributed by atoms with Crippen LogP contribution in [-0.4, -0.2) is 0 Å². The van der Waals surface area contributed by atoms with Crippen molar-refractivity contribution in [2.24, 2.45) is 0 Å². The first-order valence-corrected chi connectivity index (χ1v) is 6.96. The van der Waals surface area contributed by atoms with Gasteiger partial charge in [-0.1, -0.05) is 15.9 Å². The summed E-state index contributed by atoms with van der Waals surface area (Å²) in [4.78, 5) is 0. The molecule has 0 aliphatic carbocycles. The molecular weight excluding hydrogens is 402 g/mol. The fraction of sp³-hybridized carbons (Fsp3) is 0.0909. The van der Waals surface area contributed by atoms with Crippen LogP contribution in [0.15, 0.2) is 48.4 Å². The average Bonchev–Trinajstić information content (AvgIpc) is 2.58. The van der Waals surface area contributed by atoms with Crippen LogP contribution in [0.25, 0.3) is 0 Å². The molecular formula is C11H8Br3NO. The molecule has 0 bridgehead atoms. The fourth-order valence-corrected chi connectivity index (χ4v) is 2.16. The summed E-state index contributed by atoms with van der Waals surface area (Å²) in [5, 5.41) is 3.27. The minimum Gasteiger partial charge on any atom is -0.451 e.